The second-order valence-electron chi connectivity index (χ2n) is 7.85. The summed E-state index contributed by atoms with van der Waals surface area (Å²) in [7, 11) is 0. The SMILES string of the molecule is CCCC(CF)Oc1nc(N)c2ncc(Cc3cnc(N4CCNCC4)c(C)c3)n2n1. The molecule has 1 atom stereocenters. The van der Waals surface area contributed by atoms with Crippen molar-refractivity contribution in [1.29, 1.82) is 0 Å². The van der Waals surface area contributed by atoms with E-state index in [1.165, 1.54) is 0 Å². The Labute approximate surface area is 180 Å². The predicted molar refractivity (Wildman–Crippen MR) is 117 cm³/mol. The molecule has 0 bridgehead atoms. The molecule has 3 aromatic heterocycles. The van der Waals surface area contributed by atoms with Crippen LogP contribution in [0.3, 0.4) is 0 Å². The Morgan fingerprint density at radius 3 is 2.77 bits per heavy atom. The standard InChI is InChI=1S/C21H29FN8O/c1-3-4-17(11-22)31-21-27-18(23)20-26-13-16(30(20)28-21)10-15-9-14(2)19(25-12-15)29-7-5-24-6-8-29/h9,12-13,17,24H,3-8,10-11H2,1-2H3,(H2,23,27,28). The number of nitrogen functional groups attached to an aromatic ring is 1. The molecular weight excluding hydrogens is 399 g/mol. The van der Waals surface area contributed by atoms with Crippen LogP contribution in [0.15, 0.2) is 18.5 Å². The van der Waals surface area contributed by atoms with Crippen LogP contribution in [0, 0.1) is 6.92 Å². The first-order valence-electron chi connectivity index (χ1n) is 10.7. The first-order valence-corrected chi connectivity index (χ1v) is 10.7. The van der Waals surface area contributed by atoms with Crippen LogP contribution in [0.1, 0.15) is 36.6 Å². The van der Waals surface area contributed by atoms with Crippen molar-refractivity contribution in [3.05, 3.63) is 35.3 Å². The molecule has 1 aliphatic rings. The van der Waals surface area contributed by atoms with Crippen LogP contribution < -0.4 is 20.7 Å². The van der Waals surface area contributed by atoms with Gasteiger partial charge in [0.15, 0.2) is 11.5 Å². The first kappa shape index (κ1) is 21.2. The van der Waals surface area contributed by atoms with Crippen LogP contribution in [0.25, 0.3) is 5.65 Å². The molecule has 1 saturated heterocycles. The predicted octanol–water partition coefficient (Wildman–Crippen LogP) is 1.93. The smallest absolute Gasteiger partial charge is 0.336 e. The summed E-state index contributed by atoms with van der Waals surface area (Å²) in [6.45, 7) is 7.31. The van der Waals surface area contributed by atoms with E-state index in [-0.39, 0.29) is 11.8 Å². The number of hydrogen-bond donors (Lipinski definition) is 2. The van der Waals surface area contributed by atoms with E-state index in [1.807, 2.05) is 13.1 Å². The minimum Gasteiger partial charge on any atom is -0.456 e. The summed E-state index contributed by atoms with van der Waals surface area (Å²) in [5, 5.41) is 7.78. The van der Waals surface area contributed by atoms with Crippen molar-refractivity contribution < 1.29 is 9.13 Å². The highest BCUT2D eigenvalue weighted by Crippen LogP contribution is 2.22. The van der Waals surface area contributed by atoms with Gasteiger partial charge in [-0.2, -0.15) is 4.98 Å². The summed E-state index contributed by atoms with van der Waals surface area (Å²) < 4.78 is 20.5. The number of halogens is 1. The number of fused-ring (bicyclic) bond motifs is 1. The molecule has 4 rings (SSSR count). The average Bonchev–Trinajstić information content (AvgIpc) is 3.17. The number of nitrogens with one attached hydrogen (secondary N) is 1. The van der Waals surface area contributed by atoms with Crippen LogP contribution in [0.5, 0.6) is 6.01 Å². The van der Waals surface area contributed by atoms with E-state index in [4.69, 9.17) is 15.5 Å². The third kappa shape index (κ3) is 4.68. The zero-order chi connectivity index (χ0) is 21.8. The van der Waals surface area contributed by atoms with Crippen molar-refractivity contribution in [2.45, 2.75) is 39.2 Å². The number of piperazine rings is 1. The lowest BCUT2D eigenvalue weighted by molar-refractivity contribution is 0.139. The molecule has 0 radical (unpaired) electrons. The van der Waals surface area contributed by atoms with E-state index in [0.717, 1.165) is 55.2 Å². The van der Waals surface area contributed by atoms with Gasteiger partial charge in [0.25, 0.3) is 0 Å². The van der Waals surface area contributed by atoms with Crippen LogP contribution in [-0.2, 0) is 6.42 Å². The molecule has 0 aromatic carbocycles. The van der Waals surface area contributed by atoms with Gasteiger partial charge < -0.3 is 20.7 Å². The Bertz CT molecular complexity index is 1030. The molecule has 0 amide bonds. The molecule has 9 nitrogen and oxygen atoms in total. The molecule has 0 spiro atoms. The molecule has 3 aromatic rings. The number of nitrogens with zero attached hydrogens (tertiary/aromatic N) is 6. The number of rotatable bonds is 8. The Hall–Kier alpha value is -3.01. The number of ether oxygens (including phenoxy) is 1. The largest absolute Gasteiger partial charge is 0.456 e. The number of pyridine rings is 1. The minimum absolute atomic E-state index is 0.0590. The molecule has 31 heavy (non-hydrogen) atoms. The number of nitrogens with two attached hydrogens (primary N) is 1. The van der Waals surface area contributed by atoms with Gasteiger partial charge in [-0.3, -0.25) is 0 Å². The fourth-order valence-electron chi connectivity index (χ4n) is 3.88. The monoisotopic (exact) mass is 428 g/mol. The molecule has 166 valence electrons. The Balaban J connectivity index is 1.57. The Morgan fingerprint density at radius 2 is 2.06 bits per heavy atom. The highest BCUT2D eigenvalue weighted by atomic mass is 19.1. The molecule has 1 fully saturated rings. The molecule has 0 saturated carbocycles. The van der Waals surface area contributed by atoms with Gasteiger partial charge in [0, 0.05) is 38.8 Å². The fourth-order valence-corrected chi connectivity index (χ4v) is 3.88. The number of anilines is 2. The summed E-state index contributed by atoms with van der Waals surface area (Å²) in [6.07, 6.45) is 5.00. The van der Waals surface area contributed by atoms with Crippen LogP contribution in [0.4, 0.5) is 16.0 Å². The summed E-state index contributed by atoms with van der Waals surface area (Å²) in [4.78, 5) is 15.5. The van der Waals surface area contributed by atoms with Gasteiger partial charge in [-0.25, -0.2) is 18.9 Å². The maximum Gasteiger partial charge on any atom is 0.336 e. The third-order valence-corrected chi connectivity index (χ3v) is 5.40. The van der Waals surface area contributed by atoms with Gasteiger partial charge >= 0.3 is 6.01 Å². The lowest BCUT2D eigenvalue weighted by Crippen LogP contribution is -2.44. The van der Waals surface area contributed by atoms with E-state index in [9.17, 15) is 4.39 Å². The number of aromatic nitrogens is 5. The highest BCUT2D eigenvalue weighted by molar-refractivity contribution is 5.60. The van der Waals surface area contributed by atoms with Gasteiger partial charge in [-0.15, -0.1) is 5.10 Å². The van der Waals surface area contributed by atoms with Crippen LogP contribution in [-0.4, -0.2) is 63.5 Å². The van der Waals surface area contributed by atoms with Crippen molar-refractivity contribution in [3.8, 4) is 6.01 Å². The zero-order valence-corrected chi connectivity index (χ0v) is 18.0. The number of imidazole rings is 1. The van der Waals surface area contributed by atoms with Crippen molar-refractivity contribution in [1.82, 2.24) is 29.9 Å². The molecule has 10 heteroatoms. The lowest BCUT2D eigenvalue weighted by Gasteiger charge is -2.29. The van der Waals surface area contributed by atoms with Crippen molar-refractivity contribution in [3.63, 3.8) is 0 Å². The average molecular weight is 429 g/mol. The normalized spacial score (nSPS) is 15.4. The van der Waals surface area contributed by atoms with Crippen molar-refractivity contribution in [2.75, 3.05) is 43.5 Å². The summed E-state index contributed by atoms with van der Waals surface area (Å²) in [5.74, 6) is 1.23. The van der Waals surface area contributed by atoms with Gasteiger partial charge in [0.05, 0.1) is 11.9 Å². The number of aryl methyl sites for hydroxylation is 1. The van der Waals surface area contributed by atoms with Crippen LogP contribution in [0.2, 0.25) is 0 Å². The van der Waals surface area contributed by atoms with E-state index in [0.29, 0.717) is 18.5 Å². The molecule has 1 unspecified atom stereocenters. The summed E-state index contributed by atoms with van der Waals surface area (Å²) in [6, 6.07) is 2.20. The van der Waals surface area contributed by atoms with E-state index >= 15 is 0 Å². The second-order valence-corrected chi connectivity index (χ2v) is 7.85. The molecule has 1 aliphatic heterocycles. The fraction of sp³-hybridized carbons (Fsp3) is 0.524. The topological polar surface area (TPSA) is 106 Å². The third-order valence-electron chi connectivity index (χ3n) is 5.40. The quantitative estimate of drug-likeness (QED) is 0.561. The number of hydrogen-bond acceptors (Lipinski definition) is 8. The first-order chi connectivity index (χ1) is 15.1. The van der Waals surface area contributed by atoms with Gasteiger partial charge in [-0.1, -0.05) is 19.4 Å². The summed E-state index contributed by atoms with van der Waals surface area (Å²) >= 11 is 0. The molecular formula is C21H29FN8O. The van der Waals surface area contributed by atoms with Crippen molar-refractivity contribution in [2.24, 2.45) is 0 Å². The highest BCUT2D eigenvalue weighted by Gasteiger charge is 2.17. The lowest BCUT2D eigenvalue weighted by atomic mass is 10.1. The second kappa shape index (κ2) is 9.42. The molecule has 0 aliphatic carbocycles. The zero-order valence-electron chi connectivity index (χ0n) is 18.0. The van der Waals surface area contributed by atoms with Gasteiger partial charge in [-0.05, 0) is 24.5 Å². The summed E-state index contributed by atoms with van der Waals surface area (Å²) in [5.41, 5.74) is 9.52. The van der Waals surface area contributed by atoms with Gasteiger partial charge in [0.2, 0.25) is 0 Å². The maximum absolute atomic E-state index is 13.2. The number of alkyl halides is 1. The Morgan fingerprint density at radius 1 is 1.26 bits per heavy atom. The van der Waals surface area contributed by atoms with Crippen LogP contribution >= 0.6 is 0 Å². The van der Waals surface area contributed by atoms with E-state index < -0.39 is 12.8 Å². The molecule has 3 N–H and O–H groups in total. The molecule has 4 heterocycles. The maximum atomic E-state index is 13.2. The van der Waals surface area contributed by atoms with Gasteiger partial charge in [0.1, 0.15) is 18.6 Å². The van der Waals surface area contributed by atoms with Crippen molar-refractivity contribution >= 4 is 17.3 Å². The van der Waals surface area contributed by atoms with E-state index in [2.05, 4.69) is 38.3 Å². The minimum atomic E-state index is -0.601. The van der Waals surface area contributed by atoms with E-state index in [1.54, 1.807) is 10.7 Å². The Kier molecular flexibility index (Phi) is 6.45.